The van der Waals surface area contributed by atoms with Crippen LogP contribution in [-0.4, -0.2) is 36.4 Å². The lowest BCUT2D eigenvalue weighted by molar-refractivity contribution is 0.102. The number of rotatable bonds is 6. The highest BCUT2D eigenvalue weighted by Gasteiger charge is 2.13. The van der Waals surface area contributed by atoms with Crippen molar-refractivity contribution in [1.82, 2.24) is 4.98 Å². The second-order valence-electron chi connectivity index (χ2n) is 7.04. The number of amides is 1. The Labute approximate surface area is 185 Å². The number of aromatic nitrogens is 1. The van der Waals surface area contributed by atoms with Crippen molar-refractivity contribution in [2.45, 2.75) is 0 Å². The van der Waals surface area contributed by atoms with Crippen LogP contribution in [0.1, 0.15) is 15.9 Å². The molecule has 160 valence electrons. The van der Waals surface area contributed by atoms with Gasteiger partial charge in [0.1, 0.15) is 0 Å². The van der Waals surface area contributed by atoms with Gasteiger partial charge < -0.3 is 20.5 Å². The summed E-state index contributed by atoms with van der Waals surface area (Å²) in [6, 6.07) is 19.8. The average Bonchev–Trinajstić information content (AvgIpc) is 2.82. The molecule has 4 aromatic rings. The molecule has 1 heterocycles. The number of pyridine rings is 1. The Kier molecular flexibility index (Phi) is 5.98. The predicted octanol–water partition coefficient (Wildman–Crippen LogP) is 4.99. The first-order valence-electron chi connectivity index (χ1n) is 9.94. The molecule has 0 aliphatic heterocycles. The first-order valence-corrected chi connectivity index (χ1v) is 9.94. The van der Waals surface area contributed by atoms with Crippen LogP contribution in [0.25, 0.3) is 10.9 Å². The fourth-order valence-corrected chi connectivity index (χ4v) is 3.34. The number of nitrogens with zero attached hydrogens (tertiary/aromatic N) is 2. The SMILES string of the molecule is CN=Cc1cnc2cc(O)c(OC)cc2c1Nc1ccc(NC(=O)c2ccccc2)cc1. The number of fused-ring (bicyclic) bond motifs is 1. The van der Waals surface area contributed by atoms with Gasteiger partial charge in [-0.15, -0.1) is 0 Å². The lowest BCUT2D eigenvalue weighted by atomic mass is 10.1. The standard InChI is InChI=1S/C25H22N4O3/c1-26-14-17-15-27-21-13-22(30)23(32-2)12-20(21)24(17)28-18-8-10-19(11-9-18)29-25(31)16-6-4-3-5-7-16/h3-15,30H,1-2H3,(H,27,28)(H,29,31). The third-order valence-electron chi connectivity index (χ3n) is 4.91. The van der Waals surface area contributed by atoms with E-state index in [9.17, 15) is 9.90 Å². The van der Waals surface area contributed by atoms with Crippen molar-refractivity contribution in [3.63, 3.8) is 0 Å². The first-order chi connectivity index (χ1) is 15.6. The zero-order chi connectivity index (χ0) is 22.5. The molecule has 0 spiro atoms. The Bertz CT molecular complexity index is 1290. The average molecular weight is 426 g/mol. The number of aliphatic imine (C=N–C) groups is 1. The molecule has 0 radical (unpaired) electrons. The van der Waals surface area contributed by atoms with Crippen LogP contribution in [0.4, 0.5) is 17.1 Å². The van der Waals surface area contributed by atoms with E-state index in [0.29, 0.717) is 22.5 Å². The maximum Gasteiger partial charge on any atom is 0.255 e. The highest BCUT2D eigenvalue weighted by atomic mass is 16.5. The van der Waals surface area contributed by atoms with E-state index in [1.54, 1.807) is 43.7 Å². The molecule has 0 saturated carbocycles. The van der Waals surface area contributed by atoms with Crippen LogP contribution in [0.5, 0.6) is 11.5 Å². The maximum absolute atomic E-state index is 12.4. The molecular formula is C25H22N4O3. The molecule has 7 nitrogen and oxygen atoms in total. The largest absolute Gasteiger partial charge is 0.504 e. The Morgan fingerprint density at radius 2 is 1.78 bits per heavy atom. The molecule has 0 saturated heterocycles. The van der Waals surface area contributed by atoms with Gasteiger partial charge in [-0.25, -0.2) is 0 Å². The normalized spacial score (nSPS) is 10.9. The number of methoxy groups -OCH3 is 1. The van der Waals surface area contributed by atoms with E-state index < -0.39 is 0 Å². The van der Waals surface area contributed by atoms with Gasteiger partial charge in [-0.05, 0) is 42.5 Å². The van der Waals surface area contributed by atoms with Gasteiger partial charge in [-0.1, -0.05) is 18.2 Å². The van der Waals surface area contributed by atoms with Crippen molar-refractivity contribution in [1.29, 1.82) is 0 Å². The number of phenols is 1. The summed E-state index contributed by atoms with van der Waals surface area (Å²) in [5, 5.41) is 17.2. The van der Waals surface area contributed by atoms with Gasteiger partial charge in [-0.3, -0.25) is 14.8 Å². The van der Waals surface area contributed by atoms with E-state index in [1.807, 2.05) is 42.5 Å². The van der Waals surface area contributed by atoms with E-state index in [1.165, 1.54) is 7.11 Å². The molecular weight excluding hydrogens is 404 g/mol. The third kappa shape index (κ3) is 4.37. The Morgan fingerprint density at radius 1 is 1.06 bits per heavy atom. The van der Waals surface area contributed by atoms with Crippen LogP contribution in [0.15, 0.2) is 77.9 Å². The van der Waals surface area contributed by atoms with Crippen LogP contribution in [0, 0.1) is 0 Å². The summed E-state index contributed by atoms with van der Waals surface area (Å²) in [5.41, 5.74) is 4.28. The lowest BCUT2D eigenvalue weighted by Crippen LogP contribution is -2.11. The molecule has 0 atom stereocenters. The molecule has 0 bridgehead atoms. The van der Waals surface area contributed by atoms with Crippen LogP contribution in [0.3, 0.4) is 0 Å². The minimum absolute atomic E-state index is 0.0221. The number of ether oxygens (including phenoxy) is 1. The van der Waals surface area contributed by atoms with Gasteiger partial charge >= 0.3 is 0 Å². The smallest absolute Gasteiger partial charge is 0.255 e. The van der Waals surface area contributed by atoms with E-state index in [4.69, 9.17) is 4.74 Å². The van der Waals surface area contributed by atoms with E-state index in [0.717, 1.165) is 22.3 Å². The van der Waals surface area contributed by atoms with Gasteiger partial charge in [0.15, 0.2) is 11.5 Å². The minimum atomic E-state index is -0.167. The highest BCUT2D eigenvalue weighted by molar-refractivity contribution is 6.05. The molecule has 0 aliphatic carbocycles. The molecule has 4 rings (SSSR count). The van der Waals surface area contributed by atoms with Crippen LogP contribution in [-0.2, 0) is 0 Å². The highest BCUT2D eigenvalue weighted by Crippen LogP contribution is 2.36. The Hall–Kier alpha value is -4.39. The molecule has 1 amide bonds. The molecule has 3 aromatic carbocycles. The number of carbonyl (C=O) groups is 1. The zero-order valence-corrected chi connectivity index (χ0v) is 17.7. The maximum atomic E-state index is 12.4. The van der Waals surface area contributed by atoms with Crippen molar-refractivity contribution in [2.24, 2.45) is 4.99 Å². The summed E-state index contributed by atoms with van der Waals surface area (Å²) in [6.45, 7) is 0. The fourth-order valence-electron chi connectivity index (χ4n) is 3.34. The van der Waals surface area contributed by atoms with E-state index in [2.05, 4.69) is 20.6 Å². The van der Waals surface area contributed by atoms with Gasteiger partial charge in [0.05, 0.1) is 18.3 Å². The van der Waals surface area contributed by atoms with Gasteiger partial charge in [-0.2, -0.15) is 0 Å². The van der Waals surface area contributed by atoms with Crippen molar-refractivity contribution in [2.75, 3.05) is 24.8 Å². The number of nitrogens with one attached hydrogen (secondary N) is 2. The molecule has 7 heteroatoms. The van der Waals surface area contributed by atoms with Crippen LogP contribution in [0.2, 0.25) is 0 Å². The zero-order valence-electron chi connectivity index (χ0n) is 17.7. The summed E-state index contributed by atoms with van der Waals surface area (Å²) < 4.78 is 5.27. The first kappa shape index (κ1) is 20.9. The molecule has 0 aliphatic rings. The number of benzene rings is 3. The molecule has 3 N–H and O–H groups in total. The van der Waals surface area contributed by atoms with Crippen LogP contribution < -0.4 is 15.4 Å². The number of phenolic OH excluding ortho intramolecular Hbond substituents is 1. The Balaban J connectivity index is 1.63. The van der Waals surface area contributed by atoms with Crippen molar-refractivity contribution in [3.8, 4) is 11.5 Å². The molecule has 1 aromatic heterocycles. The lowest BCUT2D eigenvalue weighted by Gasteiger charge is -2.15. The summed E-state index contributed by atoms with van der Waals surface area (Å²) in [5.74, 6) is 0.209. The summed E-state index contributed by atoms with van der Waals surface area (Å²) in [7, 11) is 3.19. The molecule has 0 unspecified atom stereocenters. The van der Waals surface area contributed by atoms with Crippen molar-refractivity contribution >= 4 is 40.1 Å². The van der Waals surface area contributed by atoms with E-state index >= 15 is 0 Å². The Morgan fingerprint density at radius 3 is 2.47 bits per heavy atom. The fraction of sp³-hybridized carbons (Fsp3) is 0.0800. The third-order valence-corrected chi connectivity index (χ3v) is 4.91. The number of hydrogen-bond donors (Lipinski definition) is 3. The number of carbonyl (C=O) groups excluding carboxylic acids is 1. The predicted molar refractivity (Wildman–Crippen MR) is 128 cm³/mol. The van der Waals surface area contributed by atoms with Gasteiger partial charge in [0, 0.05) is 53.4 Å². The quantitative estimate of drug-likeness (QED) is 0.377. The molecule has 0 fully saturated rings. The summed E-state index contributed by atoms with van der Waals surface area (Å²) in [6.07, 6.45) is 3.40. The summed E-state index contributed by atoms with van der Waals surface area (Å²) in [4.78, 5) is 20.9. The molecule has 32 heavy (non-hydrogen) atoms. The van der Waals surface area contributed by atoms with Crippen LogP contribution >= 0.6 is 0 Å². The van der Waals surface area contributed by atoms with Gasteiger partial charge in [0.25, 0.3) is 5.91 Å². The second-order valence-corrected chi connectivity index (χ2v) is 7.04. The van der Waals surface area contributed by atoms with E-state index in [-0.39, 0.29) is 11.7 Å². The van der Waals surface area contributed by atoms with Gasteiger partial charge in [0.2, 0.25) is 0 Å². The van der Waals surface area contributed by atoms with Crippen molar-refractivity contribution in [3.05, 3.63) is 84.1 Å². The topological polar surface area (TPSA) is 95.8 Å². The summed E-state index contributed by atoms with van der Waals surface area (Å²) >= 11 is 0. The van der Waals surface area contributed by atoms with Crippen molar-refractivity contribution < 1.29 is 14.6 Å². The number of anilines is 3. The number of hydrogen-bond acceptors (Lipinski definition) is 6. The monoisotopic (exact) mass is 426 g/mol. The second kappa shape index (κ2) is 9.18. The minimum Gasteiger partial charge on any atom is -0.504 e. The number of aromatic hydroxyl groups is 1.